The average molecular weight is 412 g/mol. The van der Waals surface area contributed by atoms with Gasteiger partial charge in [-0.3, -0.25) is 9.59 Å². The number of ether oxygens (including phenoxy) is 1. The summed E-state index contributed by atoms with van der Waals surface area (Å²) < 4.78 is 5.28. The van der Waals surface area contributed by atoms with E-state index < -0.39 is 0 Å². The van der Waals surface area contributed by atoms with Crippen LogP contribution in [0, 0.1) is 11.8 Å². The van der Waals surface area contributed by atoms with Crippen molar-refractivity contribution >= 4 is 40.7 Å². The number of benzene rings is 1. The highest BCUT2D eigenvalue weighted by Gasteiger charge is 2.39. The van der Waals surface area contributed by atoms with Crippen LogP contribution in [0.3, 0.4) is 0 Å². The molecule has 2 fully saturated rings. The molecule has 8 heteroatoms. The molecule has 6 nitrogen and oxygen atoms in total. The van der Waals surface area contributed by atoms with Gasteiger partial charge in [-0.2, -0.15) is 0 Å². The number of nitrogens with one attached hydrogen (secondary N) is 1. The SMILES string of the molecule is C=CC(=O)N1CC2CCN(C(=O)CNc3cc(Cl)c(Cl)cc3OC)CC2C1. The van der Waals surface area contributed by atoms with E-state index in [4.69, 9.17) is 27.9 Å². The van der Waals surface area contributed by atoms with Gasteiger partial charge >= 0.3 is 0 Å². The Labute approximate surface area is 169 Å². The minimum Gasteiger partial charge on any atom is -0.495 e. The summed E-state index contributed by atoms with van der Waals surface area (Å²) in [4.78, 5) is 28.2. The molecule has 146 valence electrons. The van der Waals surface area contributed by atoms with Gasteiger partial charge in [0.15, 0.2) is 0 Å². The van der Waals surface area contributed by atoms with Gasteiger partial charge in [0, 0.05) is 32.2 Å². The lowest BCUT2D eigenvalue weighted by atomic mass is 9.89. The van der Waals surface area contributed by atoms with Gasteiger partial charge in [0.2, 0.25) is 11.8 Å². The van der Waals surface area contributed by atoms with Gasteiger partial charge in [0.25, 0.3) is 0 Å². The van der Waals surface area contributed by atoms with Crippen molar-refractivity contribution in [3.05, 3.63) is 34.8 Å². The highest BCUT2D eigenvalue weighted by Crippen LogP contribution is 2.34. The molecule has 3 rings (SSSR count). The summed E-state index contributed by atoms with van der Waals surface area (Å²) in [7, 11) is 1.54. The molecule has 0 spiro atoms. The molecule has 2 amide bonds. The Bertz CT molecular complexity index is 756. The van der Waals surface area contributed by atoms with Crippen molar-refractivity contribution in [2.75, 3.05) is 45.2 Å². The number of anilines is 1. The molecule has 1 aromatic carbocycles. The van der Waals surface area contributed by atoms with Crippen LogP contribution in [0.1, 0.15) is 6.42 Å². The van der Waals surface area contributed by atoms with Gasteiger partial charge < -0.3 is 19.9 Å². The summed E-state index contributed by atoms with van der Waals surface area (Å²) in [5.74, 6) is 1.29. The third kappa shape index (κ3) is 4.33. The molecular formula is C19H23Cl2N3O3. The van der Waals surface area contributed by atoms with Crippen LogP contribution in [0.5, 0.6) is 5.75 Å². The first-order chi connectivity index (χ1) is 12.9. The van der Waals surface area contributed by atoms with Gasteiger partial charge in [-0.1, -0.05) is 29.8 Å². The largest absolute Gasteiger partial charge is 0.495 e. The average Bonchev–Trinajstić information content (AvgIpc) is 3.10. The standard InChI is InChI=1S/C19H23Cl2N3O3/c1-3-18(25)24-9-12-4-5-23(10-13(12)11-24)19(26)8-22-16-6-14(20)15(21)7-17(16)27-2/h3,6-7,12-13,22H,1,4-5,8-11H2,2H3. The highest BCUT2D eigenvalue weighted by atomic mass is 35.5. The van der Waals surface area contributed by atoms with E-state index in [0.717, 1.165) is 13.0 Å². The first-order valence-corrected chi connectivity index (χ1v) is 9.64. The van der Waals surface area contributed by atoms with Gasteiger partial charge in [0.05, 0.1) is 29.4 Å². The molecule has 2 atom stereocenters. The van der Waals surface area contributed by atoms with Crippen molar-refractivity contribution < 1.29 is 14.3 Å². The monoisotopic (exact) mass is 411 g/mol. The Balaban J connectivity index is 1.58. The topological polar surface area (TPSA) is 61.9 Å². The summed E-state index contributed by atoms with van der Waals surface area (Å²) in [6, 6.07) is 3.27. The maximum absolute atomic E-state index is 12.6. The quantitative estimate of drug-likeness (QED) is 0.756. The number of carbonyl (C=O) groups is 2. The second-order valence-electron chi connectivity index (χ2n) is 6.92. The predicted octanol–water partition coefficient (Wildman–Crippen LogP) is 2.91. The molecule has 27 heavy (non-hydrogen) atoms. The van der Waals surface area contributed by atoms with Crippen LogP contribution in [0.2, 0.25) is 10.0 Å². The molecule has 0 saturated carbocycles. The van der Waals surface area contributed by atoms with Crippen LogP contribution >= 0.6 is 23.2 Å². The Morgan fingerprint density at radius 1 is 1.22 bits per heavy atom. The number of likely N-dealkylation sites (tertiary alicyclic amines) is 2. The lowest BCUT2D eigenvalue weighted by Crippen LogP contribution is -2.45. The number of amides is 2. The maximum Gasteiger partial charge on any atom is 0.245 e. The molecule has 0 bridgehead atoms. The summed E-state index contributed by atoms with van der Waals surface area (Å²) >= 11 is 12.1. The third-order valence-corrected chi connectivity index (χ3v) is 6.03. The Morgan fingerprint density at radius 2 is 1.89 bits per heavy atom. The van der Waals surface area contributed by atoms with E-state index >= 15 is 0 Å². The first-order valence-electron chi connectivity index (χ1n) is 8.89. The molecule has 0 radical (unpaired) electrons. The molecule has 0 aliphatic carbocycles. The van der Waals surface area contributed by atoms with E-state index in [9.17, 15) is 9.59 Å². The second kappa shape index (κ2) is 8.40. The van der Waals surface area contributed by atoms with Crippen LogP contribution in [-0.2, 0) is 9.59 Å². The van der Waals surface area contributed by atoms with Crippen LogP contribution < -0.4 is 10.1 Å². The van der Waals surface area contributed by atoms with Crippen molar-refractivity contribution in [1.82, 2.24) is 9.80 Å². The van der Waals surface area contributed by atoms with Crippen LogP contribution in [0.15, 0.2) is 24.8 Å². The summed E-state index contributed by atoms with van der Waals surface area (Å²) in [6.07, 6.45) is 2.27. The second-order valence-corrected chi connectivity index (χ2v) is 7.73. The number of carbonyl (C=O) groups excluding carboxylic acids is 2. The molecule has 2 aliphatic rings. The normalized spacial score (nSPS) is 21.6. The zero-order valence-corrected chi connectivity index (χ0v) is 16.7. The summed E-state index contributed by atoms with van der Waals surface area (Å²) in [6.45, 7) is 6.52. The van der Waals surface area contributed by atoms with Crippen molar-refractivity contribution in [2.24, 2.45) is 11.8 Å². The first kappa shape index (κ1) is 19.8. The maximum atomic E-state index is 12.6. The van der Waals surface area contributed by atoms with E-state index in [2.05, 4.69) is 11.9 Å². The molecule has 0 aromatic heterocycles. The molecule has 2 aliphatic heterocycles. The van der Waals surface area contributed by atoms with Crippen molar-refractivity contribution in [1.29, 1.82) is 0 Å². The molecule has 2 saturated heterocycles. The van der Waals surface area contributed by atoms with Gasteiger partial charge in [0.1, 0.15) is 5.75 Å². The molecule has 1 N–H and O–H groups in total. The van der Waals surface area contributed by atoms with E-state index in [1.54, 1.807) is 12.1 Å². The van der Waals surface area contributed by atoms with Gasteiger partial charge in [-0.05, 0) is 30.4 Å². The van der Waals surface area contributed by atoms with E-state index in [-0.39, 0.29) is 18.4 Å². The molecule has 1 aromatic rings. The molecule has 2 unspecified atom stereocenters. The van der Waals surface area contributed by atoms with E-state index in [1.807, 2.05) is 9.80 Å². The number of rotatable bonds is 5. The number of nitrogens with zero attached hydrogens (tertiary/aromatic N) is 2. The number of hydrogen-bond donors (Lipinski definition) is 1. The lowest BCUT2D eigenvalue weighted by Gasteiger charge is -2.34. The van der Waals surface area contributed by atoms with E-state index in [0.29, 0.717) is 53.0 Å². The third-order valence-electron chi connectivity index (χ3n) is 5.31. The van der Waals surface area contributed by atoms with Gasteiger partial charge in [-0.25, -0.2) is 0 Å². The predicted molar refractivity (Wildman–Crippen MR) is 106 cm³/mol. The highest BCUT2D eigenvalue weighted by molar-refractivity contribution is 6.42. The van der Waals surface area contributed by atoms with Crippen LogP contribution in [0.25, 0.3) is 0 Å². The van der Waals surface area contributed by atoms with E-state index in [1.165, 1.54) is 13.2 Å². The zero-order chi connectivity index (χ0) is 19.6. The van der Waals surface area contributed by atoms with Crippen molar-refractivity contribution in [2.45, 2.75) is 6.42 Å². The summed E-state index contributed by atoms with van der Waals surface area (Å²) in [5.41, 5.74) is 0.624. The van der Waals surface area contributed by atoms with Crippen molar-refractivity contribution in [3.63, 3.8) is 0 Å². The van der Waals surface area contributed by atoms with Crippen LogP contribution in [0.4, 0.5) is 5.69 Å². The number of piperidine rings is 1. The molecular weight excluding hydrogens is 389 g/mol. The fourth-order valence-electron chi connectivity index (χ4n) is 3.82. The smallest absolute Gasteiger partial charge is 0.245 e. The molecule has 2 heterocycles. The Morgan fingerprint density at radius 3 is 2.59 bits per heavy atom. The fraction of sp³-hybridized carbons (Fsp3) is 0.474. The van der Waals surface area contributed by atoms with Crippen molar-refractivity contribution in [3.8, 4) is 5.75 Å². The fourth-order valence-corrected chi connectivity index (χ4v) is 4.14. The minimum absolute atomic E-state index is 0.00933. The Kier molecular flexibility index (Phi) is 6.17. The van der Waals surface area contributed by atoms with Crippen LogP contribution in [-0.4, -0.2) is 61.4 Å². The Hall–Kier alpha value is -1.92. The summed E-state index contributed by atoms with van der Waals surface area (Å²) in [5, 5.41) is 3.88. The minimum atomic E-state index is -0.0318. The lowest BCUT2D eigenvalue weighted by molar-refractivity contribution is -0.131. The number of fused-ring (bicyclic) bond motifs is 1. The van der Waals surface area contributed by atoms with Gasteiger partial charge in [-0.15, -0.1) is 0 Å². The number of methoxy groups -OCH3 is 1. The number of halogens is 2. The zero-order valence-electron chi connectivity index (χ0n) is 15.2. The number of hydrogen-bond acceptors (Lipinski definition) is 4.